The maximum atomic E-state index is 4.42. The first-order valence-electron chi connectivity index (χ1n) is 6.56. The van der Waals surface area contributed by atoms with Crippen LogP contribution in [-0.4, -0.2) is 14.5 Å². The first-order chi connectivity index (χ1) is 9.83. The molecule has 100 valence electrons. The zero-order chi connectivity index (χ0) is 13.8. The summed E-state index contributed by atoms with van der Waals surface area (Å²) in [6.45, 7) is 2.78. The van der Waals surface area contributed by atoms with E-state index < -0.39 is 0 Å². The molecule has 3 aromatic rings. The van der Waals surface area contributed by atoms with Crippen LogP contribution in [0, 0.1) is 6.92 Å². The highest BCUT2D eigenvalue weighted by molar-refractivity contribution is 5.53. The minimum atomic E-state index is 0.710. The molecule has 0 saturated heterocycles. The predicted octanol–water partition coefficient (Wildman–Crippen LogP) is 3.38. The fourth-order valence-electron chi connectivity index (χ4n) is 2.06. The van der Waals surface area contributed by atoms with Crippen LogP contribution >= 0.6 is 0 Å². The van der Waals surface area contributed by atoms with Gasteiger partial charge in [-0.15, -0.1) is 0 Å². The molecule has 1 aromatic carbocycles. The second kappa shape index (κ2) is 5.57. The fourth-order valence-corrected chi connectivity index (χ4v) is 2.06. The van der Waals surface area contributed by atoms with Crippen molar-refractivity contribution < 1.29 is 0 Å². The number of anilines is 2. The van der Waals surface area contributed by atoms with Gasteiger partial charge in [-0.25, -0.2) is 4.98 Å². The summed E-state index contributed by atoms with van der Waals surface area (Å²) in [5, 5.41) is 3.32. The van der Waals surface area contributed by atoms with E-state index in [9.17, 15) is 0 Å². The van der Waals surface area contributed by atoms with Crippen LogP contribution in [0.1, 0.15) is 11.3 Å². The molecule has 1 N–H and O–H groups in total. The molecule has 3 rings (SSSR count). The SMILES string of the molecule is Cc1cccnc1Cn1ccnc1Nc1ccccc1. The van der Waals surface area contributed by atoms with E-state index in [-0.39, 0.29) is 0 Å². The fraction of sp³-hybridized carbons (Fsp3) is 0.125. The number of rotatable bonds is 4. The first kappa shape index (κ1) is 12.4. The summed E-state index contributed by atoms with van der Waals surface area (Å²) in [5.74, 6) is 0.821. The Balaban J connectivity index is 1.82. The molecule has 0 unspecified atom stereocenters. The summed E-state index contributed by atoms with van der Waals surface area (Å²) < 4.78 is 2.06. The Morgan fingerprint density at radius 1 is 1.00 bits per heavy atom. The summed E-state index contributed by atoms with van der Waals surface area (Å²) in [7, 11) is 0. The van der Waals surface area contributed by atoms with E-state index in [2.05, 4.69) is 32.8 Å². The monoisotopic (exact) mass is 264 g/mol. The average molecular weight is 264 g/mol. The van der Waals surface area contributed by atoms with Gasteiger partial charge in [-0.1, -0.05) is 24.3 Å². The van der Waals surface area contributed by atoms with Crippen LogP contribution in [0.3, 0.4) is 0 Å². The van der Waals surface area contributed by atoms with Gasteiger partial charge in [0.15, 0.2) is 0 Å². The van der Waals surface area contributed by atoms with E-state index in [1.165, 1.54) is 5.56 Å². The largest absolute Gasteiger partial charge is 0.326 e. The van der Waals surface area contributed by atoms with E-state index >= 15 is 0 Å². The number of para-hydroxylation sites is 1. The van der Waals surface area contributed by atoms with Crippen molar-refractivity contribution in [1.29, 1.82) is 0 Å². The first-order valence-corrected chi connectivity index (χ1v) is 6.56. The standard InChI is InChI=1S/C16H16N4/c1-13-6-5-9-17-15(13)12-20-11-10-18-16(20)19-14-7-3-2-4-8-14/h2-11H,12H2,1H3,(H,18,19). The van der Waals surface area contributed by atoms with Crippen molar-refractivity contribution in [3.63, 3.8) is 0 Å². The van der Waals surface area contributed by atoms with Crippen LogP contribution in [0.5, 0.6) is 0 Å². The Morgan fingerprint density at radius 3 is 2.65 bits per heavy atom. The van der Waals surface area contributed by atoms with Crippen molar-refractivity contribution in [1.82, 2.24) is 14.5 Å². The Kier molecular flexibility index (Phi) is 3.46. The summed E-state index contributed by atoms with van der Waals surface area (Å²) in [4.78, 5) is 8.79. The second-order valence-corrected chi connectivity index (χ2v) is 4.64. The Morgan fingerprint density at radius 2 is 1.85 bits per heavy atom. The molecule has 4 nitrogen and oxygen atoms in total. The summed E-state index contributed by atoms with van der Waals surface area (Å²) in [6, 6.07) is 14.1. The van der Waals surface area contributed by atoms with Crippen LogP contribution < -0.4 is 5.32 Å². The van der Waals surface area contributed by atoms with Crippen molar-refractivity contribution >= 4 is 11.6 Å². The normalized spacial score (nSPS) is 10.4. The highest BCUT2D eigenvalue weighted by Gasteiger charge is 2.06. The molecule has 0 radical (unpaired) electrons. The summed E-state index contributed by atoms with van der Waals surface area (Å²) in [6.07, 6.45) is 5.58. The average Bonchev–Trinajstić information content (AvgIpc) is 2.90. The lowest BCUT2D eigenvalue weighted by molar-refractivity contribution is 0.776. The zero-order valence-electron chi connectivity index (χ0n) is 11.3. The molecule has 0 amide bonds. The molecular formula is C16H16N4. The van der Waals surface area contributed by atoms with Crippen LogP contribution in [-0.2, 0) is 6.54 Å². The third kappa shape index (κ3) is 2.69. The van der Waals surface area contributed by atoms with Crippen molar-refractivity contribution in [3.8, 4) is 0 Å². The van der Waals surface area contributed by atoms with Crippen molar-refractivity contribution in [2.75, 3.05) is 5.32 Å². The van der Waals surface area contributed by atoms with Gasteiger partial charge in [-0.05, 0) is 30.7 Å². The van der Waals surface area contributed by atoms with Crippen LogP contribution in [0.4, 0.5) is 11.6 Å². The molecular weight excluding hydrogens is 248 g/mol. The maximum Gasteiger partial charge on any atom is 0.207 e. The van der Waals surface area contributed by atoms with E-state index in [1.807, 2.05) is 48.8 Å². The highest BCUT2D eigenvalue weighted by atomic mass is 15.2. The van der Waals surface area contributed by atoms with Crippen molar-refractivity contribution in [2.45, 2.75) is 13.5 Å². The van der Waals surface area contributed by atoms with Gasteiger partial charge in [0.2, 0.25) is 5.95 Å². The number of aryl methyl sites for hydroxylation is 1. The number of hydrogen-bond donors (Lipinski definition) is 1. The Labute approximate surface area is 118 Å². The second-order valence-electron chi connectivity index (χ2n) is 4.64. The zero-order valence-corrected chi connectivity index (χ0v) is 11.3. The third-order valence-corrected chi connectivity index (χ3v) is 3.18. The lowest BCUT2D eigenvalue weighted by Gasteiger charge is -2.10. The van der Waals surface area contributed by atoms with Crippen LogP contribution in [0.2, 0.25) is 0 Å². The summed E-state index contributed by atoms with van der Waals surface area (Å²) >= 11 is 0. The number of benzene rings is 1. The minimum absolute atomic E-state index is 0.710. The van der Waals surface area contributed by atoms with E-state index in [0.29, 0.717) is 6.54 Å². The molecule has 2 heterocycles. The molecule has 0 aliphatic rings. The van der Waals surface area contributed by atoms with Gasteiger partial charge in [0, 0.05) is 24.3 Å². The molecule has 0 aliphatic carbocycles. The molecule has 0 spiro atoms. The number of nitrogens with zero attached hydrogens (tertiary/aromatic N) is 3. The molecule has 0 aliphatic heterocycles. The van der Waals surface area contributed by atoms with E-state index in [0.717, 1.165) is 17.3 Å². The van der Waals surface area contributed by atoms with E-state index in [4.69, 9.17) is 0 Å². The van der Waals surface area contributed by atoms with Gasteiger partial charge in [0.25, 0.3) is 0 Å². The molecule has 0 saturated carbocycles. The molecule has 0 bridgehead atoms. The smallest absolute Gasteiger partial charge is 0.207 e. The maximum absolute atomic E-state index is 4.42. The lowest BCUT2D eigenvalue weighted by Crippen LogP contribution is -2.06. The van der Waals surface area contributed by atoms with Crippen LogP contribution in [0.15, 0.2) is 61.1 Å². The van der Waals surface area contributed by atoms with Crippen LogP contribution in [0.25, 0.3) is 0 Å². The van der Waals surface area contributed by atoms with Gasteiger partial charge in [-0.2, -0.15) is 0 Å². The molecule has 0 fully saturated rings. The molecule has 4 heteroatoms. The van der Waals surface area contributed by atoms with Gasteiger partial charge in [0.05, 0.1) is 12.2 Å². The lowest BCUT2D eigenvalue weighted by atomic mass is 10.2. The minimum Gasteiger partial charge on any atom is -0.326 e. The number of hydrogen-bond acceptors (Lipinski definition) is 3. The van der Waals surface area contributed by atoms with Gasteiger partial charge in [0.1, 0.15) is 0 Å². The van der Waals surface area contributed by atoms with Crippen molar-refractivity contribution in [2.24, 2.45) is 0 Å². The number of pyridine rings is 1. The molecule has 2 aromatic heterocycles. The quantitative estimate of drug-likeness (QED) is 0.785. The number of nitrogens with one attached hydrogen (secondary N) is 1. The molecule has 0 atom stereocenters. The van der Waals surface area contributed by atoms with Crippen molar-refractivity contribution in [3.05, 3.63) is 72.3 Å². The topological polar surface area (TPSA) is 42.7 Å². The molecule has 20 heavy (non-hydrogen) atoms. The van der Waals surface area contributed by atoms with Gasteiger partial charge < -0.3 is 9.88 Å². The van der Waals surface area contributed by atoms with E-state index in [1.54, 1.807) is 6.20 Å². The Bertz CT molecular complexity index is 688. The third-order valence-electron chi connectivity index (χ3n) is 3.18. The highest BCUT2D eigenvalue weighted by Crippen LogP contribution is 2.16. The summed E-state index contributed by atoms with van der Waals surface area (Å²) in [5.41, 5.74) is 3.27. The van der Waals surface area contributed by atoms with Gasteiger partial charge >= 0.3 is 0 Å². The van der Waals surface area contributed by atoms with Gasteiger partial charge in [-0.3, -0.25) is 4.98 Å². The number of aromatic nitrogens is 3. The number of imidazole rings is 1. The predicted molar refractivity (Wildman–Crippen MR) is 80.0 cm³/mol. The Hall–Kier alpha value is -2.62.